The maximum atomic E-state index is 12.6. The number of para-hydroxylation sites is 2. The van der Waals surface area contributed by atoms with Gasteiger partial charge in [0.05, 0.1) is 18.5 Å². The molecule has 0 saturated heterocycles. The van der Waals surface area contributed by atoms with Crippen LogP contribution in [0.15, 0.2) is 24.3 Å². The Kier molecular flexibility index (Phi) is 5.41. The van der Waals surface area contributed by atoms with E-state index in [0.29, 0.717) is 25.3 Å². The highest BCUT2D eigenvalue weighted by molar-refractivity contribution is 5.97. The summed E-state index contributed by atoms with van der Waals surface area (Å²) in [5.74, 6) is 0.192. The van der Waals surface area contributed by atoms with Gasteiger partial charge in [-0.15, -0.1) is 0 Å². The lowest BCUT2D eigenvalue weighted by Crippen LogP contribution is -2.34. The minimum absolute atomic E-state index is 0.0681. The van der Waals surface area contributed by atoms with E-state index < -0.39 is 0 Å². The highest BCUT2D eigenvalue weighted by atomic mass is 16.5. The number of ether oxygens (including phenoxy) is 1. The molecule has 1 aromatic carbocycles. The van der Waals surface area contributed by atoms with Crippen LogP contribution in [0, 0.1) is 5.92 Å². The van der Waals surface area contributed by atoms with Gasteiger partial charge in [0.1, 0.15) is 0 Å². The Balaban J connectivity index is 2.12. The van der Waals surface area contributed by atoms with Crippen molar-refractivity contribution in [1.82, 2.24) is 0 Å². The van der Waals surface area contributed by atoms with Crippen molar-refractivity contribution >= 4 is 23.3 Å². The molecule has 1 heterocycles. The maximum absolute atomic E-state index is 12.6. The molecule has 1 aliphatic heterocycles. The van der Waals surface area contributed by atoms with Gasteiger partial charge in [0.25, 0.3) is 0 Å². The van der Waals surface area contributed by atoms with Crippen LogP contribution in [-0.2, 0) is 14.3 Å². The summed E-state index contributed by atoms with van der Waals surface area (Å²) in [5, 5.41) is 0. The van der Waals surface area contributed by atoms with E-state index in [1.807, 2.05) is 29.2 Å². The summed E-state index contributed by atoms with van der Waals surface area (Å²) in [4.78, 5) is 27.8. The molecule has 0 spiro atoms. The third-order valence-corrected chi connectivity index (χ3v) is 3.96. The topological polar surface area (TPSA) is 49.9 Å². The average Bonchev–Trinajstić information content (AvgIpc) is 2.64. The molecule has 0 saturated carbocycles. The van der Waals surface area contributed by atoms with Crippen molar-refractivity contribution in [3.05, 3.63) is 24.3 Å². The summed E-state index contributed by atoms with van der Waals surface area (Å²) in [7, 11) is 3.42. The average molecular weight is 304 g/mol. The molecular weight excluding hydrogens is 280 g/mol. The molecule has 5 heteroatoms. The Morgan fingerprint density at radius 1 is 1.18 bits per heavy atom. The number of nitrogens with zero attached hydrogens (tertiary/aromatic N) is 2. The number of carbonyl (C=O) groups is 2. The zero-order chi connectivity index (χ0) is 16.1. The second-order valence-electron chi connectivity index (χ2n) is 5.91. The zero-order valence-electron chi connectivity index (χ0n) is 13.5. The summed E-state index contributed by atoms with van der Waals surface area (Å²) in [6.45, 7) is 3.78. The predicted molar refractivity (Wildman–Crippen MR) is 87.1 cm³/mol. The fourth-order valence-electron chi connectivity index (χ4n) is 2.91. The Morgan fingerprint density at radius 3 is 2.55 bits per heavy atom. The number of amides is 1. The molecule has 5 nitrogen and oxygen atoms in total. The largest absolute Gasteiger partial charge is 0.469 e. The third-order valence-electron chi connectivity index (χ3n) is 3.96. The van der Waals surface area contributed by atoms with E-state index in [1.54, 1.807) is 0 Å². The number of hydrogen-bond acceptors (Lipinski definition) is 4. The first-order valence-corrected chi connectivity index (χ1v) is 7.70. The number of esters is 1. The van der Waals surface area contributed by atoms with Crippen molar-refractivity contribution in [2.75, 3.05) is 37.0 Å². The van der Waals surface area contributed by atoms with Gasteiger partial charge in [-0.25, -0.2) is 0 Å². The van der Waals surface area contributed by atoms with Crippen molar-refractivity contribution in [2.45, 2.75) is 26.2 Å². The molecule has 0 radical (unpaired) electrons. The highest BCUT2D eigenvalue weighted by Crippen LogP contribution is 2.33. The van der Waals surface area contributed by atoms with Gasteiger partial charge in [-0.1, -0.05) is 19.1 Å². The van der Waals surface area contributed by atoms with E-state index >= 15 is 0 Å². The van der Waals surface area contributed by atoms with Crippen molar-refractivity contribution in [2.24, 2.45) is 5.92 Å². The lowest BCUT2D eigenvalue weighted by molar-refractivity contribution is -0.140. The summed E-state index contributed by atoms with van der Waals surface area (Å²) in [6.07, 6.45) is 1.17. The van der Waals surface area contributed by atoms with E-state index in [9.17, 15) is 9.59 Å². The molecule has 0 bridgehead atoms. The molecule has 0 aliphatic carbocycles. The first-order chi connectivity index (χ1) is 10.5. The SMILES string of the molecule is COC(=O)CCCC(=O)N1CC(C)CN(C)c2ccccc21. The highest BCUT2D eigenvalue weighted by Gasteiger charge is 2.26. The standard InChI is InChI=1S/C17H24N2O3/c1-13-11-18(2)14-7-4-5-8-15(14)19(12-13)16(20)9-6-10-17(21)22-3/h4-5,7-8,13H,6,9-12H2,1-3H3. The van der Waals surface area contributed by atoms with Crippen LogP contribution >= 0.6 is 0 Å². The molecule has 0 aromatic heterocycles. The number of carbonyl (C=O) groups excluding carboxylic acids is 2. The van der Waals surface area contributed by atoms with Crippen LogP contribution in [0.25, 0.3) is 0 Å². The first-order valence-electron chi connectivity index (χ1n) is 7.70. The molecule has 1 aromatic rings. The molecular formula is C17H24N2O3. The van der Waals surface area contributed by atoms with E-state index in [0.717, 1.165) is 17.9 Å². The number of fused-ring (bicyclic) bond motifs is 1. The van der Waals surface area contributed by atoms with Crippen LogP contribution in [-0.4, -0.2) is 39.1 Å². The Morgan fingerprint density at radius 2 is 1.86 bits per heavy atom. The molecule has 22 heavy (non-hydrogen) atoms. The number of hydrogen-bond donors (Lipinski definition) is 0. The molecule has 1 amide bonds. The summed E-state index contributed by atoms with van der Waals surface area (Å²) in [5.41, 5.74) is 2.03. The molecule has 1 atom stereocenters. The van der Waals surface area contributed by atoms with E-state index in [4.69, 9.17) is 0 Å². The molecule has 120 valence electrons. The van der Waals surface area contributed by atoms with Crippen LogP contribution in [0.1, 0.15) is 26.2 Å². The summed E-state index contributed by atoms with van der Waals surface area (Å²) < 4.78 is 4.61. The van der Waals surface area contributed by atoms with Crippen LogP contribution < -0.4 is 9.80 Å². The van der Waals surface area contributed by atoms with Gasteiger partial charge in [0.2, 0.25) is 5.91 Å². The lowest BCUT2D eigenvalue weighted by atomic mass is 10.1. The Bertz CT molecular complexity index is 544. The fraction of sp³-hybridized carbons (Fsp3) is 0.529. The van der Waals surface area contributed by atoms with Crippen LogP contribution in [0.3, 0.4) is 0 Å². The fourth-order valence-corrected chi connectivity index (χ4v) is 2.91. The van der Waals surface area contributed by atoms with Gasteiger partial charge in [-0.2, -0.15) is 0 Å². The number of benzene rings is 1. The molecule has 0 N–H and O–H groups in total. The maximum Gasteiger partial charge on any atom is 0.305 e. The molecule has 1 unspecified atom stereocenters. The Hall–Kier alpha value is -2.04. The van der Waals surface area contributed by atoms with Gasteiger partial charge in [-0.3, -0.25) is 9.59 Å². The molecule has 0 fully saturated rings. The smallest absolute Gasteiger partial charge is 0.305 e. The van der Waals surface area contributed by atoms with E-state index in [-0.39, 0.29) is 18.3 Å². The zero-order valence-corrected chi connectivity index (χ0v) is 13.5. The Labute approximate surface area is 131 Å². The van der Waals surface area contributed by atoms with Crippen LogP contribution in [0.2, 0.25) is 0 Å². The lowest BCUT2D eigenvalue weighted by Gasteiger charge is -2.24. The number of rotatable bonds is 4. The van der Waals surface area contributed by atoms with Gasteiger partial charge >= 0.3 is 5.97 Å². The quantitative estimate of drug-likeness (QED) is 0.802. The van der Waals surface area contributed by atoms with Crippen molar-refractivity contribution < 1.29 is 14.3 Å². The minimum Gasteiger partial charge on any atom is -0.469 e. The molecule has 1 aliphatic rings. The second kappa shape index (κ2) is 7.29. The first kappa shape index (κ1) is 16.3. The van der Waals surface area contributed by atoms with E-state index in [2.05, 4.69) is 23.6 Å². The minimum atomic E-state index is -0.267. The number of methoxy groups -OCH3 is 1. The summed E-state index contributed by atoms with van der Waals surface area (Å²) in [6, 6.07) is 7.98. The summed E-state index contributed by atoms with van der Waals surface area (Å²) >= 11 is 0. The van der Waals surface area contributed by atoms with Gasteiger partial charge in [0, 0.05) is 33.0 Å². The number of anilines is 2. The molecule has 2 rings (SSSR count). The van der Waals surface area contributed by atoms with Crippen LogP contribution in [0.4, 0.5) is 11.4 Å². The van der Waals surface area contributed by atoms with Gasteiger partial charge in [-0.05, 0) is 24.5 Å². The van der Waals surface area contributed by atoms with Crippen LogP contribution in [0.5, 0.6) is 0 Å². The van der Waals surface area contributed by atoms with Crippen molar-refractivity contribution in [3.63, 3.8) is 0 Å². The van der Waals surface area contributed by atoms with Gasteiger partial charge in [0.15, 0.2) is 0 Å². The van der Waals surface area contributed by atoms with Crippen molar-refractivity contribution in [3.8, 4) is 0 Å². The normalized spacial score (nSPS) is 17.7. The predicted octanol–water partition coefficient (Wildman–Crippen LogP) is 2.45. The van der Waals surface area contributed by atoms with Crippen molar-refractivity contribution in [1.29, 1.82) is 0 Å². The second-order valence-corrected chi connectivity index (χ2v) is 5.91. The van der Waals surface area contributed by atoms with E-state index in [1.165, 1.54) is 7.11 Å². The monoisotopic (exact) mass is 304 g/mol. The third kappa shape index (κ3) is 3.78. The van der Waals surface area contributed by atoms with Gasteiger partial charge < -0.3 is 14.5 Å².